The molecule has 0 aliphatic carbocycles. The van der Waals surface area contributed by atoms with Gasteiger partial charge >= 0.3 is 0 Å². The molecule has 2 heterocycles. The van der Waals surface area contributed by atoms with Crippen molar-refractivity contribution >= 4 is 17.3 Å². The van der Waals surface area contributed by atoms with E-state index < -0.39 is 0 Å². The van der Waals surface area contributed by atoms with Gasteiger partial charge in [0.25, 0.3) is 5.56 Å². The first kappa shape index (κ1) is 15.1. The predicted octanol–water partition coefficient (Wildman–Crippen LogP) is 1.88. The van der Waals surface area contributed by atoms with Crippen molar-refractivity contribution in [3.8, 4) is 0 Å². The molecule has 1 saturated heterocycles. The van der Waals surface area contributed by atoms with Crippen LogP contribution in [0.1, 0.15) is 19.8 Å². The summed E-state index contributed by atoms with van der Waals surface area (Å²) < 4.78 is 1.30. The molecule has 1 aromatic rings. The summed E-state index contributed by atoms with van der Waals surface area (Å²) in [5, 5.41) is 10.9. The van der Waals surface area contributed by atoms with Crippen LogP contribution < -0.4 is 16.2 Å². The molecule has 0 radical (unpaired) electrons. The predicted molar refractivity (Wildman–Crippen MR) is 82.4 cm³/mol. The molecule has 0 aromatic carbocycles. The summed E-state index contributed by atoms with van der Waals surface area (Å²) in [6.07, 6.45) is 5.55. The molecule has 1 unspecified atom stereocenters. The molecule has 0 saturated carbocycles. The fourth-order valence-electron chi connectivity index (χ4n) is 2.42. The quantitative estimate of drug-likeness (QED) is 0.815. The van der Waals surface area contributed by atoms with Crippen LogP contribution in [0.5, 0.6) is 0 Å². The number of nitrogens with one attached hydrogen (secondary N) is 2. The molecule has 5 nitrogen and oxygen atoms in total. The summed E-state index contributed by atoms with van der Waals surface area (Å²) in [5.41, 5.74) is 0.490. The van der Waals surface area contributed by atoms with E-state index >= 15 is 0 Å². The van der Waals surface area contributed by atoms with Gasteiger partial charge in [-0.15, -0.1) is 6.58 Å². The lowest BCUT2D eigenvalue weighted by Gasteiger charge is -2.34. The van der Waals surface area contributed by atoms with Gasteiger partial charge in [-0.2, -0.15) is 5.10 Å². The lowest BCUT2D eigenvalue weighted by Crippen LogP contribution is -2.42. The maximum absolute atomic E-state index is 12.0. The number of allylic oxidation sites excluding steroid dienone is 1. The number of nitrogens with zero attached hydrogens (tertiary/aromatic N) is 2. The van der Waals surface area contributed by atoms with Crippen LogP contribution in [0.2, 0.25) is 5.02 Å². The van der Waals surface area contributed by atoms with Crippen molar-refractivity contribution in [2.75, 3.05) is 25.0 Å². The molecule has 2 N–H and O–H groups in total. The van der Waals surface area contributed by atoms with E-state index in [1.165, 1.54) is 11.1 Å². The monoisotopic (exact) mass is 296 g/mol. The molecule has 6 heteroatoms. The van der Waals surface area contributed by atoms with Crippen molar-refractivity contribution in [3.63, 3.8) is 0 Å². The smallest absolute Gasteiger partial charge is 0.287 e. The molecule has 110 valence electrons. The van der Waals surface area contributed by atoms with Crippen LogP contribution in [0, 0.1) is 5.41 Å². The summed E-state index contributed by atoms with van der Waals surface area (Å²) in [5.74, 6) is 0. The second-order valence-corrected chi connectivity index (χ2v) is 5.97. The molecule has 1 aliphatic heterocycles. The Hall–Kier alpha value is -1.33. The van der Waals surface area contributed by atoms with Crippen molar-refractivity contribution < 1.29 is 0 Å². The zero-order chi connectivity index (χ0) is 14.6. The molecule has 0 spiro atoms. The van der Waals surface area contributed by atoms with E-state index in [1.807, 2.05) is 0 Å². The Bertz CT molecular complexity index is 534. The van der Waals surface area contributed by atoms with Gasteiger partial charge < -0.3 is 10.6 Å². The summed E-state index contributed by atoms with van der Waals surface area (Å²) in [6, 6.07) is 0. The lowest BCUT2D eigenvalue weighted by atomic mass is 9.83. The molecule has 1 atom stereocenters. The van der Waals surface area contributed by atoms with Crippen molar-refractivity contribution in [1.29, 1.82) is 0 Å². The van der Waals surface area contributed by atoms with Gasteiger partial charge in [0.05, 0.1) is 18.4 Å². The van der Waals surface area contributed by atoms with Crippen LogP contribution in [0.15, 0.2) is 23.6 Å². The molecule has 20 heavy (non-hydrogen) atoms. The Kier molecular flexibility index (Phi) is 4.83. The van der Waals surface area contributed by atoms with E-state index in [-0.39, 0.29) is 16.0 Å². The van der Waals surface area contributed by atoms with E-state index in [0.29, 0.717) is 12.2 Å². The highest BCUT2D eigenvalue weighted by Crippen LogP contribution is 2.26. The van der Waals surface area contributed by atoms with Gasteiger partial charge in [-0.1, -0.05) is 24.6 Å². The van der Waals surface area contributed by atoms with Gasteiger partial charge in [0.2, 0.25) is 0 Å². The second kappa shape index (κ2) is 6.41. The maximum Gasteiger partial charge on any atom is 0.287 e. The third-order valence-electron chi connectivity index (χ3n) is 3.68. The summed E-state index contributed by atoms with van der Waals surface area (Å²) in [4.78, 5) is 12.0. The lowest BCUT2D eigenvalue weighted by molar-refractivity contribution is 0.253. The first-order valence-corrected chi connectivity index (χ1v) is 7.25. The van der Waals surface area contributed by atoms with Crippen LogP contribution in [0.4, 0.5) is 5.69 Å². The van der Waals surface area contributed by atoms with Crippen LogP contribution >= 0.6 is 11.6 Å². The minimum Gasteiger partial charge on any atom is -0.382 e. The van der Waals surface area contributed by atoms with Gasteiger partial charge in [-0.05, 0) is 24.8 Å². The minimum absolute atomic E-state index is 0.178. The van der Waals surface area contributed by atoms with Crippen molar-refractivity contribution in [2.24, 2.45) is 5.41 Å². The number of anilines is 1. The highest BCUT2D eigenvalue weighted by molar-refractivity contribution is 6.32. The summed E-state index contributed by atoms with van der Waals surface area (Å²) >= 11 is 6.11. The number of aromatic nitrogens is 2. The Labute approximate surface area is 124 Å². The van der Waals surface area contributed by atoms with Gasteiger partial charge in [0.15, 0.2) is 0 Å². The topological polar surface area (TPSA) is 59.0 Å². The van der Waals surface area contributed by atoms with Crippen LogP contribution in [-0.2, 0) is 6.54 Å². The van der Waals surface area contributed by atoms with E-state index in [0.717, 1.165) is 26.1 Å². The molecule has 0 amide bonds. The van der Waals surface area contributed by atoms with Gasteiger partial charge in [0, 0.05) is 13.1 Å². The third kappa shape index (κ3) is 3.41. The van der Waals surface area contributed by atoms with Crippen molar-refractivity contribution in [1.82, 2.24) is 15.1 Å². The molecular formula is C14H21ClN4O. The first-order valence-electron chi connectivity index (χ1n) is 6.87. The van der Waals surface area contributed by atoms with Gasteiger partial charge in [-0.3, -0.25) is 4.79 Å². The number of rotatable bonds is 5. The summed E-state index contributed by atoms with van der Waals surface area (Å²) in [6.45, 7) is 9.00. The van der Waals surface area contributed by atoms with E-state index in [9.17, 15) is 4.79 Å². The number of hydrogen-bond acceptors (Lipinski definition) is 4. The van der Waals surface area contributed by atoms with Crippen LogP contribution in [-0.4, -0.2) is 29.4 Å². The average molecular weight is 297 g/mol. The summed E-state index contributed by atoms with van der Waals surface area (Å²) in [7, 11) is 0. The van der Waals surface area contributed by atoms with Gasteiger partial charge in [-0.25, -0.2) is 4.68 Å². The minimum atomic E-state index is -0.288. The number of piperidine rings is 1. The average Bonchev–Trinajstić information content (AvgIpc) is 2.44. The van der Waals surface area contributed by atoms with E-state index in [1.54, 1.807) is 12.3 Å². The normalized spacial score (nSPS) is 22.5. The molecular weight excluding hydrogens is 276 g/mol. The molecule has 2 rings (SSSR count). The molecule has 1 fully saturated rings. The fourth-order valence-corrected chi connectivity index (χ4v) is 2.63. The maximum atomic E-state index is 12.0. The molecule has 0 bridgehead atoms. The Morgan fingerprint density at radius 1 is 1.70 bits per heavy atom. The zero-order valence-corrected chi connectivity index (χ0v) is 12.5. The Balaban J connectivity index is 2.08. The van der Waals surface area contributed by atoms with Crippen LogP contribution in [0.3, 0.4) is 0 Å². The van der Waals surface area contributed by atoms with Crippen LogP contribution in [0.25, 0.3) is 0 Å². The Morgan fingerprint density at radius 2 is 2.50 bits per heavy atom. The highest BCUT2D eigenvalue weighted by Gasteiger charge is 2.26. The van der Waals surface area contributed by atoms with E-state index in [2.05, 4.69) is 29.2 Å². The standard InChI is InChI=1S/C14H21ClN4O/c1-3-7-19-13(20)12(15)11(8-18-19)17-10-14(2)5-4-6-16-9-14/h3,8,16-17H,1,4-7,9-10H2,2H3. The van der Waals surface area contributed by atoms with E-state index in [4.69, 9.17) is 11.6 Å². The number of halogens is 1. The van der Waals surface area contributed by atoms with Gasteiger partial charge in [0.1, 0.15) is 5.02 Å². The Morgan fingerprint density at radius 3 is 3.15 bits per heavy atom. The number of hydrogen-bond donors (Lipinski definition) is 2. The van der Waals surface area contributed by atoms with Crippen molar-refractivity contribution in [2.45, 2.75) is 26.3 Å². The zero-order valence-electron chi connectivity index (χ0n) is 11.8. The third-order valence-corrected chi connectivity index (χ3v) is 4.04. The highest BCUT2D eigenvalue weighted by atomic mass is 35.5. The largest absolute Gasteiger partial charge is 0.382 e. The SMILES string of the molecule is C=CCn1ncc(NCC2(C)CCCNC2)c(Cl)c1=O. The molecule has 1 aromatic heterocycles. The van der Waals surface area contributed by atoms with Crippen molar-refractivity contribution in [3.05, 3.63) is 34.2 Å². The molecule has 1 aliphatic rings. The fraction of sp³-hybridized carbons (Fsp3) is 0.571. The first-order chi connectivity index (χ1) is 9.56. The second-order valence-electron chi connectivity index (χ2n) is 5.59.